The van der Waals surface area contributed by atoms with Crippen LogP contribution in [0.5, 0.6) is 0 Å². The molecule has 0 saturated carbocycles. The van der Waals surface area contributed by atoms with Gasteiger partial charge in [0.15, 0.2) is 0 Å². The molecule has 10 nitrogen and oxygen atoms in total. The van der Waals surface area contributed by atoms with Crippen molar-refractivity contribution in [3.63, 3.8) is 0 Å². The van der Waals surface area contributed by atoms with Crippen LogP contribution in [0.2, 0.25) is 0 Å². The van der Waals surface area contributed by atoms with E-state index in [-0.39, 0.29) is 24.5 Å². The van der Waals surface area contributed by atoms with Crippen molar-refractivity contribution in [3.05, 3.63) is 53.5 Å². The summed E-state index contributed by atoms with van der Waals surface area (Å²) < 4.78 is 65.4. The van der Waals surface area contributed by atoms with E-state index in [1.165, 1.54) is 18.5 Å². The van der Waals surface area contributed by atoms with E-state index >= 15 is 0 Å². The SMILES string of the molecule is CC(C)OC(=O)Nc1cnccc1C[N+]1([O-])C(=O)N(c2ccc(S(=O)(=O)C(F)(F)F)cc2)CC1(C)C. The Labute approximate surface area is 205 Å². The summed E-state index contributed by atoms with van der Waals surface area (Å²) in [5, 5.41) is 16.5. The van der Waals surface area contributed by atoms with Crippen molar-refractivity contribution >= 4 is 33.3 Å². The lowest BCUT2D eigenvalue weighted by Gasteiger charge is -2.45. The summed E-state index contributed by atoms with van der Waals surface area (Å²) in [7, 11) is -5.56. The van der Waals surface area contributed by atoms with Crippen LogP contribution in [-0.2, 0) is 21.1 Å². The second-order valence-electron chi connectivity index (χ2n) is 9.13. The minimum absolute atomic E-state index is 0.0682. The van der Waals surface area contributed by atoms with Gasteiger partial charge >= 0.3 is 17.6 Å². The quantitative estimate of drug-likeness (QED) is 0.428. The third kappa shape index (κ3) is 5.01. The third-order valence-electron chi connectivity index (χ3n) is 5.71. The van der Waals surface area contributed by atoms with Crippen LogP contribution in [0.25, 0.3) is 0 Å². The number of aromatic nitrogens is 1. The Bertz CT molecular complexity index is 1270. The van der Waals surface area contributed by atoms with Crippen LogP contribution in [-0.4, -0.2) is 53.9 Å². The molecule has 1 fully saturated rings. The predicted molar refractivity (Wildman–Crippen MR) is 123 cm³/mol. The molecule has 0 aliphatic carbocycles. The minimum Gasteiger partial charge on any atom is -0.623 e. The van der Waals surface area contributed by atoms with Crippen LogP contribution >= 0.6 is 0 Å². The molecule has 196 valence electrons. The molecular formula is C22H25F3N4O6S. The third-order valence-corrected chi connectivity index (χ3v) is 7.21. The molecule has 14 heteroatoms. The summed E-state index contributed by atoms with van der Waals surface area (Å²) in [6.45, 7) is 5.95. The lowest BCUT2D eigenvalue weighted by molar-refractivity contribution is -0.853. The second kappa shape index (κ2) is 9.33. The van der Waals surface area contributed by atoms with Crippen LogP contribution in [0.15, 0.2) is 47.6 Å². The number of quaternary nitrogens is 1. The molecule has 1 aromatic carbocycles. The number of rotatable bonds is 6. The van der Waals surface area contributed by atoms with Gasteiger partial charge in [0.1, 0.15) is 12.1 Å². The molecule has 1 aliphatic rings. The van der Waals surface area contributed by atoms with Gasteiger partial charge in [0.25, 0.3) is 9.84 Å². The highest BCUT2D eigenvalue weighted by Crippen LogP contribution is 2.40. The van der Waals surface area contributed by atoms with Crippen LogP contribution in [0.3, 0.4) is 0 Å². The highest BCUT2D eigenvalue weighted by atomic mass is 32.2. The molecular weight excluding hydrogens is 505 g/mol. The highest BCUT2D eigenvalue weighted by Gasteiger charge is 2.55. The molecule has 2 aromatic rings. The van der Waals surface area contributed by atoms with Gasteiger partial charge < -0.3 is 9.94 Å². The zero-order valence-corrected chi connectivity index (χ0v) is 20.7. The van der Waals surface area contributed by atoms with Gasteiger partial charge in [-0.2, -0.15) is 13.2 Å². The number of hydrogen-bond donors (Lipinski definition) is 1. The molecule has 0 radical (unpaired) electrons. The molecule has 1 aliphatic heterocycles. The van der Waals surface area contributed by atoms with Gasteiger partial charge in [-0.3, -0.25) is 19.8 Å². The van der Waals surface area contributed by atoms with Crippen molar-refractivity contribution < 1.29 is 40.6 Å². The van der Waals surface area contributed by atoms with Gasteiger partial charge in [-0.15, -0.1) is 0 Å². The molecule has 0 spiro atoms. The van der Waals surface area contributed by atoms with Crippen molar-refractivity contribution in [3.8, 4) is 0 Å². The van der Waals surface area contributed by atoms with E-state index in [1.54, 1.807) is 27.7 Å². The van der Waals surface area contributed by atoms with Crippen molar-refractivity contribution in [2.45, 2.75) is 56.3 Å². The summed E-state index contributed by atoms with van der Waals surface area (Å²) in [6.07, 6.45) is 1.55. The Kier molecular flexibility index (Phi) is 7.09. The van der Waals surface area contributed by atoms with E-state index in [1.807, 2.05) is 0 Å². The van der Waals surface area contributed by atoms with Crippen molar-refractivity contribution in [2.24, 2.45) is 0 Å². The van der Waals surface area contributed by atoms with Gasteiger partial charge in [0, 0.05) is 17.4 Å². The van der Waals surface area contributed by atoms with Gasteiger partial charge in [0.2, 0.25) is 0 Å². The lowest BCUT2D eigenvalue weighted by Crippen LogP contribution is -2.56. The number of amides is 3. The van der Waals surface area contributed by atoms with Crippen molar-refractivity contribution in [2.75, 3.05) is 16.8 Å². The maximum Gasteiger partial charge on any atom is 0.501 e. The molecule has 0 bridgehead atoms. The Balaban J connectivity index is 1.90. The number of ether oxygens (including phenoxy) is 1. The summed E-state index contributed by atoms with van der Waals surface area (Å²) >= 11 is 0. The fraction of sp³-hybridized carbons (Fsp3) is 0.409. The first-order valence-corrected chi connectivity index (χ1v) is 12.2. The van der Waals surface area contributed by atoms with Gasteiger partial charge in [-0.05, 0) is 58.0 Å². The fourth-order valence-corrected chi connectivity index (χ4v) is 4.47. The first-order valence-electron chi connectivity index (χ1n) is 10.7. The maximum atomic E-state index is 13.9. The molecule has 3 amide bonds. The number of hydrogen-bond acceptors (Lipinski definition) is 7. The van der Waals surface area contributed by atoms with E-state index in [9.17, 15) is 36.4 Å². The molecule has 1 unspecified atom stereocenters. The summed E-state index contributed by atoms with van der Waals surface area (Å²) in [5.41, 5.74) is -6.12. The Hall–Kier alpha value is -3.23. The zero-order chi connectivity index (χ0) is 27.1. The fourth-order valence-electron chi connectivity index (χ4n) is 3.71. The summed E-state index contributed by atoms with van der Waals surface area (Å²) in [5.74, 6) is 0. The number of anilines is 2. The average molecular weight is 531 g/mol. The Morgan fingerprint density at radius 2 is 1.86 bits per heavy atom. The van der Waals surface area contributed by atoms with Crippen LogP contribution < -0.4 is 10.2 Å². The largest absolute Gasteiger partial charge is 0.623 e. The molecule has 2 heterocycles. The van der Waals surface area contributed by atoms with Crippen LogP contribution in [0.1, 0.15) is 33.3 Å². The number of alkyl halides is 3. The topological polar surface area (TPSA) is 129 Å². The standard InChI is InChI=1S/C22H25F3N4O6S/c1-14(2)35-19(30)27-18-11-26-10-9-15(18)12-29(32)20(31)28(13-21(29,3)4)16-5-7-17(8-6-16)36(33,34)22(23,24)25/h5-11,14H,12-13H2,1-4H3,(H,27,30). The van der Waals surface area contributed by atoms with Crippen LogP contribution in [0, 0.1) is 5.21 Å². The molecule has 1 saturated heterocycles. The number of nitrogens with one attached hydrogen (secondary N) is 1. The van der Waals surface area contributed by atoms with E-state index in [0.29, 0.717) is 5.56 Å². The normalized spacial score (nSPS) is 20.0. The highest BCUT2D eigenvalue weighted by molar-refractivity contribution is 7.92. The molecule has 36 heavy (non-hydrogen) atoms. The zero-order valence-electron chi connectivity index (χ0n) is 19.9. The maximum absolute atomic E-state index is 13.9. The first kappa shape index (κ1) is 27.4. The monoisotopic (exact) mass is 530 g/mol. The average Bonchev–Trinajstić information content (AvgIpc) is 2.94. The van der Waals surface area contributed by atoms with Gasteiger partial charge in [-0.1, -0.05) is 0 Å². The molecule has 1 atom stereocenters. The molecule has 1 aromatic heterocycles. The number of benzene rings is 1. The smallest absolute Gasteiger partial charge is 0.501 e. The predicted octanol–water partition coefficient (Wildman–Crippen LogP) is 4.57. The lowest BCUT2D eigenvalue weighted by atomic mass is 10.0. The van der Waals surface area contributed by atoms with Crippen molar-refractivity contribution in [1.82, 2.24) is 4.98 Å². The van der Waals surface area contributed by atoms with E-state index < -0.39 is 48.7 Å². The minimum atomic E-state index is -5.56. The number of hydroxylamine groups is 3. The number of carbonyl (C=O) groups is 2. The molecule has 1 N–H and O–H groups in total. The van der Waals surface area contributed by atoms with E-state index in [2.05, 4.69) is 10.3 Å². The number of sulfone groups is 1. The Morgan fingerprint density at radius 3 is 2.42 bits per heavy atom. The van der Waals surface area contributed by atoms with E-state index in [0.717, 1.165) is 29.2 Å². The number of pyridine rings is 1. The molecule has 3 rings (SSSR count). The van der Waals surface area contributed by atoms with Crippen LogP contribution in [0.4, 0.5) is 34.1 Å². The van der Waals surface area contributed by atoms with Crippen molar-refractivity contribution in [1.29, 1.82) is 0 Å². The van der Waals surface area contributed by atoms with Gasteiger partial charge in [-0.25, -0.2) is 18.0 Å². The summed E-state index contributed by atoms with van der Waals surface area (Å²) in [6, 6.07) is 4.14. The summed E-state index contributed by atoms with van der Waals surface area (Å²) in [4.78, 5) is 29.4. The number of halogens is 3. The first-order chi connectivity index (χ1) is 16.5. The number of nitrogens with zero attached hydrogens (tertiary/aromatic N) is 3. The number of urea groups is 1. The van der Waals surface area contributed by atoms with Gasteiger partial charge in [0.05, 0.1) is 29.4 Å². The second-order valence-corrected chi connectivity index (χ2v) is 11.1. The Morgan fingerprint density at radius 1 is 1.25 bits per heavy atom. The number of carbonyl (C=O) groups excluding carboxylic acids is 2. The van der Waals surface area contributed by atoms with E-state index in [4.69, 9.17) is 4.74 Å².